The first kappa shape index (κ1) is 19.8. The summed E-state index contributed by atoms with van der Waals surface area (Å²) >= 11 is 0. The second-order valence-corrected chi connectivity index (χ2v) is 7.47. The molecule has 6 nitrogen and oxygen atoms in total. The molecule has 1 aromatic rings. The van der Waals surface area contributed by atoms with Crippen molar-refractivity contribution in [2.75, 3.05) is 13.7 Å². The molecule has 0 aromatic heterocycles. The van der Waals surface area contributed by atoms with E-state index in [1.165, 1.54) is 7.11 Å². The molecule has 6 heteroatoms. The van der Waals surface area contributed by atoms with Gasteiger partial charge in [0.2, 0.25) is 0 Å². The number of likely N-dealkylation sites (tertiary alicyclic amines) is 1. The summed E-state index contributed by atoms with van der Waals surface area (Å²) in [6.07, 6.45) is 2.07. The summed E-state index contributed by atoms with van der Waals surface area (Å²) in [6.45, 7) is 6.27. The summed E-state index contributed by atoms with van der Waals surface area (Å²) in [5.41, 5.74) is 0.875. The average molecular weight is 358 g/mol. The molecule has 1 aliphatic heterocycles. The number of carbonyl (C=O) groups excluding carboxylic acids is 2. The first-order valence-corrected chi connectivity index (χ1v) is 8.82. The lowest BCUT2D eigenvalue weighted by Crippen LogP contribution is -2.40. The van der Waals surface area contributed by atoms with E-state index in [9.17, 15) is 9.59 Å². The number of nitrogens with zero attached hydrogens (tertiary/aromatic N) is 2. The van der Waals surface area contributed by atoms with Gasteiger partial charge in [0.05, 0.1) is 25.2 Å². The molecule has 0 unspecified atom stereocenters. The summed E-state index contributed by atoms with van der Waals surface area (Å²) < 4.78 is 10.8. The Morgan fingerprint density at radius 2 is 2.08 bits per heavy atom. The summed E-state index contributed by atoms with van der Waals surface area (Å²) in [5.74, 6) is 0.205. The Balaban J connectivity index is 2.13. The van der Waals surface area contributed by atoms with Crippen molar-refractivity contribution in [3.63, 3.8) is 0 Å². The number of amides is 1. The molecular formula is C20H26N2O4. The SMILES string of the molecule is COc1cc(C[C@H]2CCCN2C(=O)OC(C)(C)C)ccc1C(=O)CC#N. The fourth-order valence-corrected chi connectivity index (χ4v) is 3.14. The molecule has 0 bridgehead atoms. The van der Waals surface area contributed by atoms with Crippen LogP contribution in [0.3, 0.4) is 0 Å². The van der Waals surface area contributed by atoms with Crippen LogP contribution in [0.5, 0.6) is 5.75 Å². The quantitative estimate of drug-likeness (QED) is 0.749. The molecule has 26 heavy (non-hydrogen) atoms. The highest BCUT2D eigenvalue weighted by Gasteiger charge is 2.32. The maximum absolute atomic E-state index is 12.4. The van der Waals surface area contributed by atoms with Gasteiger partial charge in [-0.15, -0.1) is 0 Å². The van der Waals surface area contributed by atoms with Crippen LogP contribution in [0.25, 0.3) is 0 Å². The fourth-order valence-electron chi connectivity index (χ4n) is 3.14. The first-order chi connectivity index (χ1) is 12.2. The number of ether oxygens (including phenoxy) is 2. The maximum atomic E-state index is 12.4. The Bertz CT molecular complexity index is 716. The molecule has 0 saturated carbocycles. The summed E-state index contributed by atoms with van der Waals surface area (Å²) in [6, 6.07) is 7.30. The van der Waals surface area contributed by atoms with Crippen LogP contribution < -0.4 is 4.74 Å². The minimum absolute atomic E-state index is 0.0650. The van der Waals surface area contributed by atoms with Crippen LogP contribution in [0.1, 0.15) is 56.0 Å². The van der Waals surface area contributed by atoms with E-state index in [0.717, 1.165) is 18.4 Å². The van der Waals surface area contributed by atoms with Crippen molar-refractivity contribution in [2.24, 2.45) is 0 Å². The van der Waals surface area contributed by atoms with Crippen molar-refractivity contribution >= 4 is 11.9 Å². The topological polar surface area (TPSA) is 79.6 Å². The van der Waals surface area contributed by atoms with Crippen molar-refractivity contribution in [1.29, 1.82) is 5.26 Å². The minimum atomic E-state index is -0.518. The van der Waals surface area contributed by atoms with E-state index in [2.05, 4.69) is 0 Å². The number of rotatable bonds is 5. The van der Waals surface area contributed by atoms with Gasteiger partial charge < -0.3 is 14.4 Å². The number of hydrogen-bond acceptors (Lipinski definition) is 5. The molecule has 1 aliphatic rings. The highest BCUT2D eigenvalue weighted by atomic mass is 16.6. The van der Waals surface area contributed by atoms with E-state index in [0.29, 0.717) is 24.3 Å². The molecule has 0 radical (unpaired) electrons. The van der Waals surface area contributed by atoms with Crippen LogP contribution in [0.15, 0.2) is 18.2 Å². The second-order valence-electron chi connectivity index (χ2n) is 7.47. The van der Waals surface area contributed by atoms with Crippen molar-refractivity contribution in [1.82, 2.24) is 4.90 Å². The number of benzene rings is 1. The standard InChI is InChI=1S/C20H26N2O4/c1-20(2,3)26-19(24)22-11-5-6-15(22)12-14-7-8-16(17(23)9-10-21)18(13-14)25-4/h7-8,13,15H,5-6,9,11-12H2,1-4H3/t15-/m1/s1. The van der Waals surface area contributed by atoms with E-state index in [-0.39, 0.29) is 24.3 Å². The van der Waals surface area contributed by atoms with Gasteiger partial charge >= 0.3 is 6.09 Å². The fraction of sp³-hybridized carbons (Fsp3) is 0.550. The highest BCUT2D eigenvalue weighted by Crippen LogP contribution is 2.27. The van der Waals surface area contributed by atoms with E-state index in [4.69, 9.17) is 14.7 Å². The summed E-state index contributed by atoms with van der Waals surface area (Å²) in [5, 5.41) is 8.71. The van der Waals surface area contributed by atoms with Gasteiger partial charge in [-0.2, -0.15) is 5.26 Å². The van der Waals surface area contributed by atoms with Gasteiger partial charge in [0.1, 0.15) is 11.4 Å². The van der Waals surface area contributed by atoms with Gasteiger partial charge in [-0.25, -0.2) is 4.79 Å². The number of nitriles is 1. The molecular weight excluding hydrogens is 332 g/mol. The van der Waals surface area contributed by atoms with Gasteiger partial charge in [-0.3, -0.25) is 4.79 Å². The molecule has 1 aromatic carbocycles. The van der Waals surface area contributed by atoms with Gasteiger partial charge in [-0.1, -0.05) is 6.07 Å². The third-order valence-electron chi connectivity index (χ3n) is 4.28. The Hall–Kier alpha value is -2.55. The molecule has 2 rings (SSSR count). The predicted molar refractivity (Wildman–Crippen MR) is 97.2 cm³/mol. The predicted octanol–water partition coefficient (Wildman–Crippen LogP) is 3.73. The smallest absolute Gasteiger partial charge is 0.410 e. The van der Waals surface area contributed by atoms with Gasteiger partial charge in [0.25, 0.3) is 0 Å². The Labute approximate surface area is 154 Å². The van der Waals surface area contributed by atoms with Crippen LogP contribution >= 0.6 is 0 Å². The molecule has 140 valence electrons. The number of hydrogen-bond donors (Lipinski definition) is 0. The zero-order chi connectivity index (χ0) is 19.3. The van der Waals surface area contributed by atoms with E-state index < -0.39 is 5.60 Å². The molecule has 1 fully saturated rings. The number of Topliss-reactive ketones (excluding diaryl/α,β-unsaturated/α-hetero) is 1. The molecule has 1 amide bonds. The molecule has 1 atom stereocenters. The highest BCUT2D eigenvalue weighted by molar-refractivity contribution is 5.99. The number of methoxy groups -OCH3 is 1. The molecule has 1 saturated heterocycles. The maximum Gasteiger partial charge on any atom is 0.410 e. The monoisotopic (exact) mass is 358 g/mol. The van der Waals surface area contributed by atoms with E-state index in [1.807, 2.05) is 39.0 Å². The summed E-state index contributed by atoms with van der Waals surface area (Å²) in [7, 11) is 1.50. The van der Waals surface area contributed by atoms with Gasteiger partial charge in [-0.05, 0) is 57.7 Å². The summed E-state index contributed by atoms with van der Waals surface area (Å²) in [4.78, 5) is 26.2. The van der Waals surface area contributed by atoms with Crippen molar-refractivity contribution < 1.29 is 19.1 Å². The second kappa shape index (κ2) is 8.22. The molecule has 0 spiro atoms. The van der Waals surface area contributed by atoms with Crippen LogP contribution in [-0.2, 0) is 11.2 Å². The van der Waals surface area contributed by atoms with Crippen LogP contribution in [0.4, 0.5) is 4.79 Å². The first-order valence-electron chi connectivity index (χ1n) is 8.82. The molecule has 1 heterocycles. The Morgan fingerprint density at radius 3 is 2.69 bits per heavy atom. The van der Waals surface area contributed by atoms with Gasteiger partial charge in [0.15, 0.2) is 5.78 Å². The Morgan fingerprint density at radius 1 is 1.35 bits per heavy atom. The third-order valence-corrected chi connectivity index (χ3v) is 4.28. The van der Waals surface area contributed by atoms with Crippen molar-refractivity contribution in [3.8, 4) is 11.8 Å². The molecule has 0 aliphatic carbocycles. The zero-order valence-corrected chi connectivity index (χ0v) is 15.9. The Kier molecular flexibility index (Phi) is 6.25. The third kappa shape index (κ3) is 4.98. The lowest BCUT2D eigenvalue weighted by atomic mass is 9.99. The minimum Gasteiger partial charge on any atom is -0.496 e. The van der Waals surface area contributed by atoms with Crippen molar-refractivity contribution in [3.05, 3.63) is 29.3 Å². The zero-order valence-electron chi connectivity index (χ0n) is 15.9. The normalized spacial score (nSPS) is 16.9. The molecule has 0 N–H and O–H groups in total. The van der Waals surface area contributed by atoms with E-state index >= 15 is 0 Å². The largest absolute Gasteiger partial charge is 0.496 e. The van der Waals surface area contributed by atoms with Gasteiger partial charge in [0, 0.05) is 12.6 Å². The van der Waals surface area contributed by atoms with Crippen LogP contribution in [-0.4, -0.2) is 42.1 Å². The van der Waals surface area contributed by atoms with Crippen LogP contribution in [0, 0.1) is 11.3 Å². The lowest BCUT2D eigenvalue weighted by Gasteiger charge is -2.28. The number of carbonyl (C=O) groups is 2. The van der Waals surface area contributed by atoms with E-state index in [1.54, 1.807) is 11.0 Å². The average Bonchev–Trinajstić information content (AvgIpc) is 3.01. The van der Waals surface area contributed by atoms with Crippen LogP contribution in [0.2, 0.25) is 0 Å². The van der Waals surface area contributed by atoms with Crippen molar-refractivity contribution in [2.45, 2.75) is 58.1 Å². The number of ketones is 1. The lowest BCUT2D eigenvalue weighted by molar-refractivity contribution is 0.0226.